The van der Waals surface area contributed by atoms with E-state index in [4.69, 9.17) is 16.3 Å². The van der Waals surface area contributed by atoms with Crippen molar-refractivity contribution >= 4 is 33.0 Å². The fourth-order valence-electron chi connectivity index (χ4n) is 3.07. The second kappa shape index (κ2) is 10.6. The molecule has 0 spiro atoms. The normalized spacial score (nSPS) is 11.2. The number of halogens is 1. The van der Waals surface area contributed by atoms with Gasteiger partial charge in [-0.2, -0.15) is 0 Å². The van der Waals surface area contributed by atoms with E-state index in [9.17, 15) is 13.2 Å². The summed E-state index contributed by atoms with van der Waals surface area (Å²) in [6, 6.07) is 16.5. The Bertz CT molecular complexity index is 1170. The summed E-state index contributed by atoms with van der Waals surface area (Å²) in [6.07, 6.45) is 1.56. The van der Waals surface area contributed by atoms with Gasteiger partial charge in [0.15, 0.2) is 5.69 Å². The molecule has 0 radical (unpaired) electrons. The van der Waals surface area contributed by atoms with Crippen molar-refractivity contribution in [3.05, 3.63) is 77.1 Å². The molecule has 9 heteroatoms. The smallest absolute Gasteiger partial charge is 0.278 e. The quantitative estimate of drug-likeness (QED) is 0.423. The van der Waals surface area contributed by atoms with E-state index in [0.29, 0.717) is 24.5 Å². The minimum Gasteiger partial charge on any atom is -0.494 e. The maximum atomic E-state index is 13.5. The maximum absolute atomic E-state index is 13.5. The minimum absolute atomic E-state index is 0.0190. The molecule has 0 fully saturated rings. The number of rotatable bonds is 9. The van der Waals surface area contributed by atoms with Crippen LogP contribution in [0.2, 0.25) is 5.02 Å². The molecule has 2 aromatic carbocycles. The zero-order valence-electron chi connectivity index (χ0n) is 17.9. The predicted octanol–water partition coefficient (Wildman–Crippen LogP) is 4.56. The fourth-order valence-corrected chi connectivity index (χ4v) is 4.41. The standard InChI is InChI=1S/C23H24ClN3O4S/c1-3-14-32(29,30)23-25-15-20(24)21(26-23)22(28)27(16-17-8-6-5-7-9-17)18-10-12-19(13-11-18)31-4-2/h5-13,15H,3-4,14,16H2,1-2H3. The van der Waals surface area contributed by atoms with Gasteiger partial charge < -0.3 is 9.64 Å². The van der Waals surface area contributed by atoms with Gasteiger partial charge >= 0.3 is 0 Å². The molecule has 3 rings (SSSR count). The molecule has 0 atom stereocenters. The van der Waals surface area contributed by atoms with Crippen molar-refractivity contribution in [2.24, 2.45) is 0 Å². The first kappa shape index (κ1) is 23.7. The summed E-state index contributed by atoms with van der Waals surface area (Å²) in [6.45, 7) is 4.40. The molecular weight excluding hydrogens is 450 g/mol. The van der Waals surface area contributed by atoms with Crippen molar-refractivity contribution in [1.29, 1.82) is 0 Å². The Balaban J connectivity index is 2.03. The SMILES string of the molecule is CCCS(=O)(=O)c1ncc(Cl)c(C(=O)N(Cc2ccccc2)c2ccc(OCC)cc2)n1. The van der Waals surface area contributed by atoms with Crippen molar-refractivity contribution in [1.82, 2.24) is 9.97 Å². The van der Waals surface area contributed by atoms with Crippen LogP contribution in [0.5, 0.6) is 5.75 Å². The van der Waals surface area contributed by atoms with Crippen LogP contribution in [0.1, 0.15) is 36.3 Å². The highest BCUT2D eigenvalue weighted by atomic mass is 35.5. The molecule has 1 aromatic heterocycles. The van der Waals surface area contributed by atoms with Gasteiger partial charge in [0.05, 0.1) is 30.1 Å². The predicted molar refractivity (Wildman–Crippen MR) is 124 cm³/mol. The Labute approximate surface area is 193 Å². The van der Waals surface area contributed by atoms with Crippen LogP contribution < -0.4 is 9.64 Å². The largest absolute Gasteiger partial charge is 0.494 e. The highest BCUT2D eigenvalue weighted by Gasteiger charge is 2.26. The van der Waals surface area contributed by atoms with E-state index < -0.39 is 20.9 Å². The number of anilines is 1. The summed E-state index contributed by atoms with van der Waals surface area (Å²) < 4.78 is 30.4. The Morgan fingerprint density at radius 1 is 1.06 bits per heavy atom. The number of carbonyl (C=O) groups is 1. The molecule has 1 amide bonds. The van der Waals surface area contributed by atoms with Crippen molar-refractivity contribution in [3.8, 4) is 5.75 Å². The maximum Gasteiger partial charge on any atom is 0.278 e. The number of amides is 1. The third-order valence-electron chi connectivity index (χ3n) is 4.56. The summed E-state index contributed by atoms with van der Waals surface area (Å²) in [4.78, 5) is 22.9. The Hall–Kier alpha value is -2.97. The van der Waals surface area contributed by atoms with Gasteiger partial charge in [0.1, 0.15) is 5.75 Å². The number of benzene rings is 2. The molecule has 168 valence electrons. The third-order valence-corrected chi connectivity index (χ3v) is 6.54. The van der Waals surface area contributed by atoms with Crippen LogP contribution >= 0.6 is 11.6 Å². The van der Waals surface area contributed by atoms with E-state index in [1.54, 1.807) is 31.2 Å². The Morgan fingerprint density at radius 2 is 1.75 bits per heavy atom. The van der Waals surface area contributed by atoms with Gasteiger partial charge in [-0.3, -0.25) is 4.79 Å². The number of hydrogen-bond acceptors (Lipinski definition) is 6. The number of aromatic nitrogens is 2. The molecule has 0 aliphatic carbocycles. The molecular formula is C23H24ClN3O4S. The molecule has 0 saturated heterocycles. The highest BCUT2D eigenvalue weighted by molar-refractivity contribution is 7.91. The summed E-state index contributed by atoms with van der Waals surface area (Å²) in [5, 5.41) is -0.423. The first-order chi connectivity index (χ1) is 15.4. The molecule has 0 unspecified atom stereocenters. The molecule has 7 nitrogen and oxygen atoms in total. The third kappa shape index (κ3) is 5.63. The van der Waals surface area contributed by atoms with Crippen LogP contribution in [0.15, 0.2) is 66.0 Å². The first-order valence-corrected chi connectivity index (χ1v) is 12.2. The lowest BCUT2D eigenvalue weighted by molar-refractivity contribution is 0.0979. The molecule has 32 heavy (non-hydrogen) atoms. The topological polar surface area (TPSA) is 89.5 Å². The molecule has 1 heterocycles. The van der Waals surface area contributed by atoms with Gasteiger partial charge in [-0.05, 0) is 43.2 Å². The summed E-state index contributed by atoms with van der Waals surface area (Å²) in [7, 11) is -3.71. The van der Waals surface area contributed by atoms with Crippen LogP contribution in [0, 0.1) is 0 Å². The lowest BCUT2D eigenvalue weighted by Gasteiger charge is -2.23. The van der Waals surface area contributed by atoms with Gasteiger partial charge in [-0.1, -0.05) is 48.9 Å². The van der Waals surface area contributed by atoms with Crippen LogP contribution in [-0.2, 0) is 16.4 Å². The van der Waals surface area contributed by atoms with E-state index in [1.165, 1.54) is 4.90 Å². The lowest BCUT2D eigenvalue weighted by Crippen LogP contribution is -2.32. The highest BCUT2D eigenvalue weighted by Crippen LogP contribution is 2.25. The van der Waals surface area contributed by atoms with Gasteiger partial charge in [0, 0.05) is 5.69 Å². The second-order valence-electron chi connectivity index (χ2n) is 6.97. The van der Waals surface area contributed by atoms with E-state index in [1.807, 2.05) is 37.3 Å². The fraction of sp³-hybridized carbons (Fsp3) is 0.261. The van der Waals surface area contributed by atoms with Gasteiger partial charge in [-0.25, -0.2) is 18.4 Å². The van der Waals surface area contributed by atoms with Gasteiger partial charge in [-0.15, -0.1) is 0 Å². The first-order valence-electron chi connectivity index (χ1n) is 10.2. The lowest BCUT2D eigenvalue weighted by atomic mass is 10.1. The molecule has 0 saturated carbocycles. The molecule has 0 aliphatic rings. The van der Waals surface area contributed by atoms with E-state index in [2.05, 4.69) is 9.97 Å². The van der Waals surface area contributed by atoms with Crippen molar-refractivity contribution < 1.29 is 17.9 Å². The number of nitrogens with zero attached hydrogens (tertiary/aromatic N) is 3. The molecule has 0 aliphatic heterocycles. The van der Waals surface area contributed by atoms with Crippen LogP contribution in [0.3, 0.4) is 0 Å². The van der Waals surface area contributed by atoms with Crippen molar-refractivity contribution in [3.63, 3.8) is 0 Å². The second-order valence-corrected chi connectivity index (χ2v) is 9.38. The summed E-state index contributed by atoms with van der Waals surface area (Å²) in [5.74, 6) is 0.0317. The molecule has 3 aromatic rings. The zero-order valence-corrected chi connectivity index (χ0v) is 19.4. The number of hydrogen-bond donors (Lipinski definition) is 0. The van der Waals surface area contributed by atoms with Crippen molar-refractivity contribution in [2.75, 3.05) is 17.3 Å². The number of ether oxygens (including phenoxy) is 1. The van der Waals surface area contributed by atoms with Crippen molar-refractivity contribution in [2.45, 2.75) is 32.0 Å². The van der Waals surface area contributed by atoms with Gasteiger partial charge in [0.2, 0.25) is 15.0 Å². The zero-order chi connectivity index (χ0) is 23.1. The minimum atomic E-state index is -3.71. The summed E-state index contributed by atoms with van der Waals surface area (Å²) in [5.41, 5.74) is 1.31. The van der Waals surface area contributed by atoms with E-state index in [-0.39, 0.29) is 23.0 Å². The van der Waals surface area contributed by atoms with Gasteiger partial charge in [0.25, 0.3) is 5.91 Å². The van der Waals surface area contributed by atoms with E-state index in [0.717, 1.165) is 11.8 Å². The van der Waals surface area contributed by atoms with Crippen LogP contribution in [-0.4, -0.2) is 36.7 Å². The Kier molecular flexibility index (Phi) is 7.82. The van der Waals surface area contributed by atoms with Crippen LogP contribution in [0.25, 0.3) is 0 Å². The number of carbonyl (C=O) groups excluding carboxylic acids is 1. The summed E-state index contributed by atoms with van der Waals surface area (Å²) >= 11 is 6.23. The monoisotopic (exact) mass is 473 g/mol. The Morgan fingerprint density at radius 3 is 2.38 bits per heavy atom. The molecule has 0 N–H and O–H groups in total. The molecule has 0 bridgehead atoms. The van der Waals surface area contributed by atoms with E-state index >= 15 is 0 Å². The number of sulfone groups is 1. The average molecular weight is 474 g/mol. The average Bonchev–Trinajstić information content (AvgIpc) is 2.79. The van der Waals surface area contributed by atoms with Crippen LogP contribution in [0.4, 0.5) is 5.69 Å².